The molecule has 1 aromatic heterocycles. The molecule has 1 atom stereocenters. The summed E-state index contributed by atoms with van der Waals surface area (Å²) in [6.07, 6.45) is 0. The number of hydrogen-bond donors (Lipinski definition) is 3. The number of benzene rings is 2. The number of carbonyl (C=O) groups is 4. The van der Waals surface area contributed by atoms with Gasteiger partial charge in [-0.15, -0.1) is 0 Å². The predicted molar refractivity (Wildman–Crippen MR) is 134 cm³/mol. The SMILES string of the molecule is CCOC(=O)c1c(C)[nH]c(C(=O)OCC(=O)Nc2ccccc2C(=O)NC(C)c2ccccc2)c1C. The third-order valence-corrected chi connectivity index (χ3v) is 5.55. The van der Waals surface area contributed by atoms with E-state index in [-0.39, 0.29) is 41.1 Å². The van der Waals surface area contributed by atoms with Crippen LogP contribution in [0.5, 0.6) is 0 Å². The van der Waals surface area contributed by atoms with E-state index in [2.05, 4.69) is 15.6 Å². The molecule has 2 amide bonds. The Morgan fingerprint density at radius 2 is 1.58 bits per heavy atom. The maximum absolute atomic E-state index is 12.9. The second kappa shape index (κ2) is 11.8. The highest BCUT2D eigenvalue weighted by molar-refractivity contribution is 6.05. The number of aryl methyl sites for hydroxylation is 1. The Labute approximate surface area is 209 Å². The van der Waals surface area contributed by atoms with E-state index >= 15 is 0 Å². The molecule has 0 spiro atoms. The summed E-state index contributed by atoms with van der Waals surface area (Å²) in [5, 5.41) is 5.53. The van der Waals surface area contributed by atoms with Gasteiger partial charge in [-0.25, -0.2) is 9.59 Å². The van der Waals surface area contributed by atoms with Crippen molar-refractivity contribution in [2.24, 2.45) is 0 Å². The van der Waals surface area contributed by atoms with Crippen molar-refractivity contribution in [3.63, 3.8) is 0 Å². The Hall–Kier alpha value is -4.40. The minimum absolute atomic E-state index is 0.0676. The number of ether oxygens (including phenoxy) is 2. The molecule has 0 aliphatic carbocycles. The van der Waals surface area contributed by atoms with E-state index in [0.29, 0.717) is 11.3 Å². The van der Waals surface area contributed by atoms with Crippen LogP contribution in [0.1, 0.15) is 67.9 Å². The van der Waals surface area contributed by atoms with E-state index in [9.17, 15) is 19.2 Å². The number of aromatic nitrogens is 1. The van der Waals surface area contributed by atoms with Crippen molar-refractivity contribution < 1.29 is 28.7 Å². The summed E-state index contributed by atoms with van der Waals surface area (Å²) in [5.74, 6) is -2.31. The molecule has 188 valence electrons. The number of H-pyrrole nitrogens is 1. The summed E-state index contributed by atoms with van der Waals surface area (Å²) >= 11 is 0. The molecule has 0 fully saturated rings. The highest BCUT2D eigenvalue weighted by atomic mass is 16.5. The molecule has 0 saturated heterocycles. The Kier molecular flexibility index (Phi) is 8.61. The van der Waals surface area contributed by atoms with Crippen LogP contribution in [-0.4, -0.2) is 42.0 Å². The van der Waals surface area contributed by atoms with Crippen LogP contribution in [0.25, 0.3) is 0 Å². The first kappa shape index (κ1) is 26.2. The number of aromatic amines is 1. The average molecular weight is 492 g/mol. The lowest BCUT2D eigenvalue weighted by Gasteiger charge is -2.16. The number of carbonyl (C=O) groups excluding carboxylic acids is 4. The molecule has 0 bridgehead atoms. The Morgan fingerprint density at radius 3 is 2.28 bits per heavy atom. The molecule has 0 aliphatic heterocycles. The van der Waals surface area contributed by atoms with Gasteiger partial charge in [0.05, 0.1) is 29.5 Å². The van der Waals surface area contributed by atoms with E-state index in [1.807, 2.05) is 37.3 Å². The van der Waals surface area contributed by atoms with Crippen molar-refractivity contribution >= 4 is 29.4 Å². The average Bonchev–Trinajstić information content (AvgIpc) is 3.17. The summed E-state index contributed by atoms with van der Waals surface area (Å²) in [4.78, 5) is 52.9. The van der Waals surface area contributed by atoms with Gasteiger partial charge < -0.3 is 25.1 Å². The van der Waals surface area contributed by atoms with Crippen molar-refractivity contribution in [1.29, 1.82) is 0 Å². The molecule has 9 nitrogen and oxygen atoms in total. The highest BCUT2D eigenvalue weighted by Crippen LogP contribution is 2.21. The molecular formula is C27H29N3O6. The standard InChI is InChI=1S/C27H29N3O6/c1-5-35-26(33)23-16(2)24(28-18(23)4)27(34)36-15-22(31)30-21-14-10-9-13-20(21)25(32)29-17(3)19-11-7-6-8-12-19/h6-14,17,28H,5,15H2,1-4H3,(H,29,32)(H,30,31). The number of nitrogens with one attached hydrogen (secondary N) is 3. The first-order chi connectivity index (χ1) is 17.2. The predicted octanol–water partition coefficient (Wildman–Crippen LogP) is 4.09. The normalized spacial score (nSPS) is 11.3. The van der Waals surface area contributed by atoms with Crippen molar-refractivity contribution in [1.82, 2.24) is 10.3 Å². The van der Waals surface area contributed by atoms with Gasteiger partial charge in [0.2, 0.25) is 0 Å². The lowest BCUT2D eigenvalue weighted by atomic mass is 10.1. The summed E-state index contributed by atoms with van der Waals surface area (Å²) in [7, 11) is 0. The number of anilines is 1. The second-order valence-electron chi connectivity index (χ2n) is 8.12. The minimum atomic E-state index is -0.788. The Bertz CT molecular complexity index is 1270. The summed E-state index contributed by atoms with van der Waals surface area (Å²) < 4.78 is 10.2. The van der Waals surface area contributed by atoms with Gasteiger partial charge in [0.15, 0.2) is 6.61 Å². The number of rotatable bonds is 9. The zero-order chi connectivity index (χ0) is 26.2. The van der Waals surface area contributed by atoms with Crippen LogP contribution in [0, 0.1) is 13.8 Å². The number of esters is 2. The molecule has 3 aromatic rings. The smallest absolute Gasteiger partial charge is 0.355 e. The lowest BCUT2D eigenvalue weighted by Crippen LogP contribution is -2.28. The summed E-state index contributed by atoms with van der Waals surface area (Å²) in [6.45, 7) is 6.41. The van der Waals surface area contributed by atoms with Gasteiger partial charge in [-0.05, 0) is 51.0 Å². The maximum Gasteiger partial charge on any atom is 0.355 e. The maximum atomic E-state index is 12.9. The third-order valence-electron chi connectivity index (χ3n) is 5.55. The van der Waals surface area contributed by atoms with Gasteiger partial charge in [-0.1, -0.05) is 42.5 Å². The molecular weight excluding hydrogens is 462 g/mol. The molecule has 0 radical (unpaired) electrons. The van der Waals surface area contributed by atoms with Crippen LogP contribution in [0.3, 0.4) is 0 Å². The topological polar surface area (TPSA) is 127 Å². The number of amides is 2. The van der Waals surface area contributed by atoms with Crippen LogP contribution in [0.4, 0.5) is 5.69 Å². The molecule has 1 heterocycles. The van der Waals surface area contributed by atoms with Crippen molar-refractivity contribution in [2.75, 3.05) is 18.5 Å². The van der Waals surface area contributed by atoms with E-state index in [1.54, 1.807) is 45.0 Å². The van der Waals surface area contributed by atoms with E-state index in [4.69, 9.17) is 9.47 Å². The third kappa shape index (κ3) is 6.18. The molecule has 3 rings (SSSR count). The zero-order valence-corrected chi connectivity index (χ0v) is 20.6. The van der Waals surface area contributed by atoms with Crippen LogP contribution in [0.2, 0.25) is 0 Å². The van der Waals surface area contributed by atoms with E-state index in [1.165, 1.54) is 0 Å². The number of para-hydroxylation sites is 1. The molecule has 1 unspecified atom stereocenters. The molecule has 0 saturated carbocycles. The summed E-state index contributed by atoms with van der Waals surface area (Å²) in [6, 6.07) is 15.8. The number of hydrogen-bond acceptors (Lipinski definition) is 6. The monoisotopic (exact) mass is 491 g/mol. The van der Waals surface area contributed by atoms with Gasteiger partial charge >= 0.3 is 11.9 Å². The van der Waals surface area contributed by atoms with Crippen LogP contribution in [-0.2, 0) is 14.3 Å². The molecule has 3 N–H and O–H groups in total. The molecule has 9 heteroatoms. The highest BCUT2D eigenvalue weighted by Gasteiger charge is 2.24. The molecule has 0 aliphatic rings. The van der Waals surface area contributed by atoms with Crippen LogP contribution < -0.4 is 10.6 Å². The quantitative estimate of drug-likeness (QED) is 0.387. The first-order valence-corrected chi connectivity index (χ1v) is 11.5. The van der Waals surface area contributed by atoms with Crippen molar-refractivity contribution in [2.45, 2.75) is 33.7 Å². The van der Waals surface area contributed by atoms with Gasteiger partial charge in [0.25, 0.3) is 11.8 Å². The summed E-state index contributed by atoms with van der Waals surface area (Å²) in [5.41, 5.74) is 2.68. The van der Waals surface area contributed by atoms with E-state index in [0.717, 1.165) is 5.56 Å². The molecule has 36 heavy (non-hydrogen) atoms. The fraction of sp³-hybridized carbons (Fsp3) is 0.259. The van der Waals surface area contributed by atoms with Crippen molar-refractivity contribution in [3.8, 4) is 0 Å². The first-order valence-electron chi connectivity index (χ1n) is 11.5. The lowest BCUT2D eigenvalue weighted by molar-refractivity contribution is -0.119. The largest absolute Gasteiger partial charge is 0.462 e. The Balaban J connectivity index is 1.63. The fourth-order valence-corrected chi connectivity index (χ4v) is 3.74. The van der Waals surface area contributed by atoms with Crippen LogP contribution in [0.15, 0.2) is 54.6 Å². The van der Waals surface area contributed by atoms with Gasteiger partial charge in [0.1, 0.15) is 5.69 Å². The van der Waals surface area contributed by atoms with Gasteiger partial charge in [-0.3, -0.25) is 9.59 Å². The fourth-order valence-electron chi connectivity index (χ4n) is 3.74. The van der Waals surface area contributed by atoms with E-state index < -0.39 is 24.5 Å². The zero-order valence-electron chi connectivity index (χ0n) is 20.6. The second-order valence-corrected chi connectivity index (χ2v) is 8.12. The van der Waals surface area contributed by atoms with Gasteiger partial charge in [0, 0.05) is 5.69 Å². The Morgan fingerprint density at radius 1 is 0.917 bits per heavy atom. The molecule has 2 aromatic carbocycles. The van der Waals surface area contributed by atoms with Gasteiger partial charge in [-0.2, -0.15) is 0 Å². The minimum Gasteiger partial charge on any atom is -0.462 e. The van der Waals surface area contributed by atoms with Crippen molar-refractivity contribution in [3.05, 3.63) is 88.2 Å². The van der Waals surface area contributed by atoms with Crippen LogP contribution >= 0.6 is 0 Å².